The first-order chi connectivity index (χ1) is 21.2. The number of nitrogens with one attached hydrogen (secondary N) is 2. The van der Waals surface area contributed by atoms with Crippen LogP contribution in [0.2, 0.25) is 0 Å². The van der Waals surface area contributed by atoms with Gasteiger partial charge in [-0.2, -0.15) is 0 Å². The van der Waals surface area contributed by atoms with E-state index in [9.17, 15) is 9.59 Å². The fraction of sp³-hybridized carbons (Fsp3) is 0.353. The molecule has 10 heteroatoms. The molecule has 232 valence electrons. The molecule has 1 heterocycles. The van der Waals surface area contributed by atoms with E-state index in [0.29, 0.717) is 31.4 Å². The van der Waals surface area contributed by atoms with Gasteiger partial charge in [0.2, 0.25) is 0 Å². The van der Waals surface area contributed by atoms with E-state index >= 15 is 0 Å². The lowest BCUT2D eigenvalue weighted by molar-refractivity contribution is -0.121. The number of benzene rings is 3. The lowest BCUT2D eigenvalue weighted by atomic mass is 9.90. The van der Waals surface area contributed by atoms with Gasteiger partial charge < -0.3 is 20.3 Å². The molecule has 5 rings (SSSR count). The van der Waals surface area contributed by atoms with Gasteiger partial charge in [-0.25, -0.2) is 0 Å². The average molecular weight is 656 g/mol. The summed E-state index contributed by atoms with van der Waals surface area (Å²) < 4.78 is 3.36. The van der Waals surface area contributed by atoms with E-state index in [4.69, 9.17) is 39.5 Å². The summed E-state index contributed by atoms with van der Waals surface area (Å²) in [6, 6.07) is 27.1. The normalized spacial score (nSPS) is 18.8. The van der Waals surface area contributed by atoms with Gasteiger partial charge in [-0.15, -0.1) is 0 Å². The van der Waals surface area contributed by atoms with Crippen LogP contribution < -0.4 is 15.5 Å². The number of halogens is 3. The zero-order valence-electron chi connectivity index (χ0n) is 24.5. The van der Waals surface area contributed by atoms with Crippen molar-refractivity contribution in [3.05, 3.63) is 108 Å². The Hall–Kier alpha value is -3.07. The van der Waals surface area contributed by atoms with Crippen LogP contribution in [-0.4, -0.2) is 72.0 Å². The smallest absolute Gasteiger partial charge is 0.272 e. The van der Waals surface area contributed by atoms with Crippen molar-refractivity contribution >= 4 is 58.0 Å². The van der Waals surface area contributed by atoms with E-state index in [1.54, 1.807) is 4.90 Å². The molecule has 1 saturated heterocycles. The van der Waals surface area contributed by atoms with E-state index in [0.717, 1.165) is 61.9 Å². The van der Waals surface area contributed by atoms with Crippen molar-refractivity contribution < 1.29 is 14.3 Å². The van der Waals surface area contributed by atoms with Crippen LogP contribution in [0.5, 0.6) is 0 Å². The number of anilines is 2. The number of carbonyl (C=O) groups excluding carboxylic acids is 2. The maximum atomic E-state index is 14.0. The maximum absolute atomic E-state index is 14.0. The topological polar surface area (TPSA) is 73.9 Å². The first kappa shape index (κ1) is 32.3. The van der Waals surface area contributed by atoms with Crippen LogP contribution in [0.3, 0.4) is 0 Å². The van der Waals surface area contributed by atoms with Gasteiger partial charge in [-0.05, 0) is 55.2 Å². The van der Waals surface area contributed by atoms with Gasteiger partial charge in [-0.3, -0.25) is 14.5 Å². The number of hydrogen-bond donors (Lipinski definition) is 2. The molecule has 1 fully saturated rings. The second-order valence-electron chi connectivity index (χ2n) is 11.3. The van der Waals surface area contributed by atoms with Crippen LogP contribution in [0.4, 0.5) is 11.4 Å². The summed E-state index contributed by atoms with van der Waals surface area (Å²) in [6.07, 6.45) is 3.85. The van der Waals surface area contributed by atoms with Crippen LogP contribution in [0.15, 0.2) is 96.6 Å². The third-order valence-corrected chi connectivity index (χ3v) is 8.52. The molecule has 2 aliphatic rings. The molecule has 3 aromatic rings. The number of rotatable bonds is 11. The first-order valence-electron chi connectivity index (χ1n) is 14.9. The molecule has 1 unspecified atom stereocenters. The monoisotopic (exact) mass is 654 g/mol. The number of carbonyl (C=O) groups is 2. The van der Waals surface area contributed by atoms with Gasteiger partial charge in [0.1, 0.15) is 0 Å². The Morgan fingerprint density at radius 1 is 0.932 bits per heavy atom. The highest BCUT2D eigenvalue weighted by Crippen LogP contribution is 2.36. The number of nitrogens with zero attached hydrogens (tertiary/aromatic N) is 2. The van der Waals surface area contributed by atoms with Gasteiger partial charge in [0, 0.05) is 49.7 Å². The molecule has 0 saturated carbocycles. The quantitative estimate of drug-likeness (QED) is 0.188. The minimum Gasteiger partial charge on any atom is -0.384 e. The molecule has 2 N–H and O–H groups in total. The fourth-order valence-electron chi connectivity index (χ4n) is 5.77. The van der Waals surface area contributed by atoms with E-state index in [-0.39, 0.29) is 5.91 Å². The van der Waals surface area contributed by atoms with Crippen LogP contribution >= 0.6 is 34.8 Å². The average Bonchev–Trinajstić information content (AvgIpc) is 3.42. The summed E-state index contributed by atoms with van der Waals surface area (Å²) in [5.74, 6) is -0.785. The van der Waals surface area contributed by atoms with Crippen LogP contribution in [0, 0.1) is 0 Å². The lowest BCUT2D eigenvalue weighted by Gasteiger charge is -2.30. The van der Waals surface area contributed by atoms with Crippen molar-refractivity contribution in [2.45, 2.75) is 28.6 Å². The van der Waals surface area contributed by atoms with Crippen molar-refractivity contribution in [3.8, 4) is 0 Å². The van der Waals surface area contributed by atoms with Crippen LogP contribution in [0.1, 0.15) is 28.8 Å². The summed E-state index contributed by atoms with van der Waals surface area (Å²) >= 11 is 17.9. The predicted octanol–water partition coefficient (Wildman–Crippen LogP) is 6.27. The molecule has 7 nitrogen and oxygen atoms in total. The second kappa shape index (κ2) is 14.8. The Labute approximate surface area is 274 Å². The summed E-state index contributed by atoms with van der Waals surface area (Å²) in [5, 5.41) is 6.52. The SMILES string of the molecule is O=C(c1ccccc1)N(CC1=CC(Cc2ccccc2)(NC(=O)C(Cl)(Cl)Cl)CC1)c1cccc(NCCN2CCOCC2)c1. The number of amides is 2. The van der Waals surface area contributed by atoms with Crippen molar-refractivity contribution in [2.75, 3.05) is 56.2 Å². The largest absolute Gasteiger partial charge is 0.384 e. The van der Waals surface area contributed by atoms with Crippen molar-refractivity contribution in [2.24, 2.45) is 0 Å². The van der Waals surface area contributed by atoms with Crippen LogP contribution in [-0.2, 0) is 16.0 Å². The highest BCUT2D eigenvalue weighted by molar-refractivity contribution is 6.76. The molecule has 1 aliphatic carbocycles. The standard InChI is InChI=1S/C34H37Cl3N4O3/c35-34(36,37)32(43)39-33(23-26-8-3-1-4-9-26)15-14-27(24-33)25-41(31(42)28-10-5-2-6-11-28)30-13-7-12-29(22-30)38-16-17-40-18-20-44-21-19-40/h1-13,22,24,38H,14-21,23,25H2,(H,39,43). The van der Waals surface area contributed by atoms with Crippen LogP contribution in [0.25, 0.3) is 0 Å². The van der Waals surface area contributed by atoms with Crippen molar-refractivity contribution in [3.63, 3.8) is 0 Å². The molecule has 44 heavy (non-hydrogen) atoms. The van der Waals surface area contributed by atoms with E-state index in [2.05, 4.69) is 15.5 Å². The maximum Gasteiger partial charge on any atom is 0.272 e. The highest BCUT2D eigenvalue weighted by Gasteiger charge is 2.41. The molecule has 2 amide bonds. The third-order valence-electron chi connectivity index (χ3n) is 8.00. The Bertz CT molecular complexity index is 1440. The molecular formula is C34H37Cl3N4O3. The summed E-state index contributed by atoms with van der Waals surface area (Å²) in [5.41, 5.74) is 3.61. The minimum absolute atomic E-state index is 0.108. The van der Waals surface area contributed by atoms with Gasteiger partial charge in [0.05, 0.1) is 18.8 Å². The molecule has 0 aromatic heterocycles. The molecule has 0 radical (unpaired) electrons. The number of morpholine rings is 1. The van der Waals surface area contributed by atoms with E-state index in [1.807, 2.05) is 91.0 Å². The lowest BCUT2D eigenvalue weighted by Crippen LogP contribution is -2.51. The minimum atomic E-state index is -2.09. The first-order valence-corrected chi connectivity index (χ1v) is 16.0. The predicted molar refractivity (Wildman–Crippen MR) is 179 cm³/mol. The fourth-order valence-corrected chi connectivity index (χ4v) is 5.91. The molecule has 1 atom stereocenters. The summed E-state index contributed by atoms with van der Waals surface area (Å²) in [7, 11) is 0. The molecule has 1 aliphatic heterocycles. The molecule has 3 aromatic carbocycles. The zero-order valence-corrected chi connectivity index (χ0v) is 26.8. The van der Waals surface area contributed by atoms with E-state index < -0.39 is 15.2 Å². The third kappa shape index (κ3) is 8.77. The number of alkyl halides is 3. The van der Waals surface area contributed by atoms with Crippen molar-refractivity contribution in [1.29, 1.82) is 0 Å². The molecular weight excluding hydrogens is 619 g/mol. The number of hydrogen-bond acceptors (Lipinski definition) is 5. The van der Waals surface area contributed by atoms with Gasteiger partial charge in [0.15, 0.2) is 0 Å². The Balaban J connectivity index is 1.40. The van der Waals surface area contributed by atoms with Gasteiger partial charge >= 0.3 is 0 Å². The summed E-state index contributed by atoms with van der Waals surface area (Å²) in [6.45, 7) is 5.45. The molecule has 0 spiro atoms. The second-order valence-corrected chi connectivity index (χ2v) is 13.5. The Morgan fingerprint density at radius 3 is 2.34 bits per heavy atom. The van der Waals surface area contributed by atoms with Gasteiger partial charge in [0.25, 0.3) is 15.6 Å². The zero-order chi connectivity index (χ0) is 31.0. The summed E-state index contributed by atoms with van der Waals surface area (Å²) in [4.78, 5) is 31.0. The van der Waals surface area contributed by atoms with Crippen molar-refractivity contribution in [1.82, 2.24) is 10.2 Å². The molecule has 0 bridgehead atoms. The Morgan fingerprint density at radius 2 is 1.64 bits per heavy atom. The highest BCUT2D eigenvalue weighted by atomic mass is 35.6. The number of ether oxygens (including phenoxy) is 1. The Kier molecular flexibility index (Phi) is 10.9. The van der Waals surface area contributed by atoms with Gasteiger partial charge in [-0.1, -0.05) is 101 Å². The van der Waals surface area contributed by atoms with E-state index in [1.165, 1.54) is 0 Å².